The summed E-state index contributed by atoms with van der Waals surface area (Å²) in [6.07, 6.45) is -1.07. The average Bonchev–Trinajstić information content (AvgIpc) is 2.04. The van der Waals surface area contributed by atoms with Crippen LogP contribution in [0.25, 0.3) is 0 Å². The Hall–Kier alpha value is -1.30. The van der Waals surface area contributed by atoms with Crippen LogP contribution in [0.4, 0.5) is 4.79 Å². The lowest BCUT2D eigenvalue weighted by Gasteiger charge is -2.29. The molecule has 0 radical (unpaired) electrons. The van der Waals surface area contributed by atoms with E-state index in [0.29, 0.717) is 13.1 Å². The third kappa shape index (κ3) is 1.85. The first-order chi connectivity index (χ1) is 5.61. The molecule has 0 aliphatic carbocycles. The molecule has 3 N–H and O–H groups in total. The maximum absolute atomic E-state index is 10.4. The van der Waals surface area contributed by atoms with Gasteiger partial charge in [-0.05, 0) is 0 Å². The highest BCUT2D eigenvalue weighted by Gasteiger charge is 2.26. The van der Waals surface area contributed by atoms with E-state index in [0.717, 1.165) is 4.90 Å². The minimum Gasteiger partial charge on any atom is -0.480 e. The summed E-state index contributed by atoms with van der Waals surface area (Å²) in [6.45, 7) is 0.757. The van der Waals surface area contributed by atoms with Gasteiger partial charge in [0.2, 0.25) is 0 Å². The summed E-state index contributed by atoms with van der Waals surface area (Å²) in [5, 5.41) is 19.8. The molecule has 0 saturated carbocycles. The van der Waals surface area contributed by atoms with Gasteiger partial charge in [0, 0.05) is 13.1 Å². The topological polar surface area (TPSA) is 89.9 Å². The van der Waals surface area contributed by atoms with Gasteiger partial charge in [-0.2, -0.15) is 0 Å². The zero-order valence-corrected chi connectivity index (χ0v) is 6.36. The van der Waals surface area contributed by atoms with E-state index in [1.54, 1.807) is 0 Å². The zero-order chi connectivity index (χ0) is 9.14. The second-order valence-electron chi connectivity index (χ2n) is 2.57. The summed E-state index contributed by atoms with van der Waals surface area (Å²) < 4.78 is 0. The molecule has 68 valence electrons. The fourth-order valence-electron chi connectivity index (χ4n) is 1.09. The summed E-state index contributed by atoms with van der Waals surface area (Å²) in [5.41, 5.74) is 0. The molecule has 1 aliphatic heterocycles. The van der Waals surface area contributed by atoms with Crippen LogP contribution in [0.5, 0.6) is 0 Å². The number of nitrogens with one attached hydrogen (secondary N) is 1. The Kier molecular flexibility index (Phi) is 2.49. The smallest absolute Gasteiger partial charge is 0.407 e. The van der Waals surface area contributed by atoms with Gasteiger partial charge >= 0.3 is 12.1 Å². The SMILES string of the molecule is O=C(O)C1CN(C(=O)O)CCN1. The van der Waals surface area contributed by atoms with Crippen molar-refractivity contribution in [2.24, 2.45) is 0 Å². The van der Waals surface area contributed by atoms with E-state index in [-0.39, 0.29) is 6.54 Å². The molecule has 12 heavy (non-hydrogen) atoms. The Morgan fingerprint density at radius 1 is 1.42 bits per heavy atom. The summed E-state index contributed by atoms with van der Waals surface area (Å²) in [7, 11) is 0. The van der Waals surface area contributed by atoms with Crippen LogP contribution in [0, 0.1) is 0 Å². The number of rotatable bonds is 1. The monoisotopic (exact) mass is 174 g/mol. The van der Waals surface area contributed by atoms with Crippen molar-refractivity contribution in [3.05, 3.63) is 0 Å². The van der Waals surface area contributed by atoms with Crippen LogP contribution in [-0.2, 0) is 4.79 Å². The lowest BCUT2D eigenvalue weighted by atomic mass is 10.2. The molecule has 1 atom stereocenters. The number of carbonyl (C=O) groups is 2. The first kappa shape index (κ1) is 8.79. The first-order valence-corrected chi connectivity index (χ1v) is 3.55. The van der Waals surface area contributed by atoms with Gasteiger partial charge in [0.1, 0.15) is 6.04 Å². The minimum atomic E-state index is -1.07. The highest BCUT2D eigenvalue weighted by atomic mass is 16.4. The largest absolute Gasteiger partial charge is 0.480 e. The fraction of sp³-hybridized carbons (Fsp3) is 0.667. The molecular formula is C6H10N2O4. The molecule has 1 saturated heterocycles. The highest BCUT2D eigenvalue weighted by molar-refractivity contribution is 5.75. The minimum absolute atomic E-state index is 0.0185. The Bertz CT molecular complexity index is 186. The predicted octanol–water partition coefficient (Wildman–Crippen LogP) is -0.977. The van der Waals surface area contributed by atoms with Crippen molar-refractivity contribution in [3.63, 3.8) is 0 Å². The van der Waals surface area contributed by atoms with Crippen LogP contribution in [0.2, 0.25) is 0 Å². The number of carboxylic acids is 1. The molecule has 0 aromatic rings. The molecule has 0 aromatic carbocycles. The van der Waals surface area contributed by atoms with Gasteiger partial charge in [-0.25, -0.2) is 4.79 Å². The van der Waals surface area contributed by atoms with Crippen LogP contribution in [0.15, 0.2) is 0 Å². The Balaban J connectivity index is 2.51. The summed E-state index contributed by atoms with van der Waals surface area (Å²) in [5.74, 6) is -1.01. The van der Waals surface area contributed by atoms with E-state index in [4.69, 9.17) is 10.2 Å². The van der Waals surface area contributed by atoms with Gasteiger partial charge in [-0.15, -0.1) is 0 Å². The quantitative estimate of drug-likeness (QED) is 0.475. The second kappa shape index (κ2) is 3.40. The number of amides is 1. The van der Waals surface area contributed by atoms with Crippen LogP contribution >= 0.6 is 0 Å². The van der Waals surface area contributed by atoms with Gasteiger partial charge in [-0.3, -0.25) is 4.79 Å². The molecule has 0 bridgehead atoms. The standard InChI is InChI=1S/C6H10N2O4/c9-5(10)4-3-8(6(11)12)2-1-7-4/h4,7H,1-3H2,(H,9,10)(H,11,12). The highest BCUT2D eigenvalue weighted by Crippen LogP contribution is 1.99. The van der Waals surface area contributed by atoms with Crippen molar-refractivity contribution in [2.75, 3.05) is 19.6 Å². The molecule has 1 unspecified atom stereocenters. The molecule has 1 rings (SSSR count). The lowest BCUT2D eigenvalue weighted by molar-refractivity contribution is -0.140. The van der Waals surface area contributed by atoms with Gasteiger partial charge in [0.15, 0.2) is 0 Å². The number of piperazine rings is 1. The van der Waals surface area contributed by atoms with Crippen molar-refractivity contribution in [1.29, 1.82) is 0 Å². The van der Waals surface area contributed by atoms with Gasteiger partial charge in [0.25, 0.3) is 0 Å². The van der Waals surface area contributed by atoms with E-state index in [2.05, 4.69) is 5.32 Å². The van der Waals surface area contributed by atoms with E-state index in [9.17, 15) is 9.59 Å². The summed E-state index contributed by atoms with van der Waals surface area (Å²) >= 11 is 0. The van der Waals surface area contributed by atoms with Crippen molar-refractivity contribution in [2.45, 2.75) is 6.04 Å². The molecule has 0 spiro atoms. The molecule has 1 amide bonds. The Morgan fingerprint density at radius 3 is 2.58 bits per heavy atom. The molecule has 0 aromatic heterocycles. The summed E-state index contributed by atoms with van der Waals surface area (Å²) in [4.78, 5) is 22.0. The maximum Gasteiger partial charge on any atom is 0.407 e. The van der Waals surface area contributed by atoms with Gasteiger partial charge < -0.3 is 20.4 Å². The number of hydrogen-bond donors (Lipinski definition) is 3. The lowest BCUT2D eigenvalue weighted by Crippen LogP contribution is -2.55. The second-order valence-corrected chi connectivity index (χ2v) is 2.57. The maximum atomic E-state index is 10.4. The fourth-order valence-corrected chi connectivity index (χ4v) is 1.09. The van der Waals surface area contributed by atoms with E-state index >= 15 is 0 Å². The van der Waals surface area contributed by atoms with E-state index in [1.165, 1.54) is 0 Å². The molecule has 1 heterocycles. The normalized spacial score (nSPS) is 23.7. The van der Waals surface area contributed by atoms with Gasteiger partial charge in [0.05, 0.1) is 6.54 Å². The van der Waals surface area contributed by atoms with Crippen LogP contribution in [-0.4, -0.2) is 52.9 Å². The molecule has 6 nitrogen and oxygen atoms in total. The molecule has 1 aliphatic rings. The third-order valence-corrected chi connectivity index (χ3v) is 1.74. The third-order valence-electron chi connectivity index (χ3n) is 1.74. The van der Waals surface area contributed by atoms with Crippen LogP contribution in [0.1, 0.15) is 0 Å². The summed E-state index contributed by atoms with van der Waals surface area (Å²) in [6, 6.07) is -0.769. The zero-order valence-electron chi connectivity index (χ0n) is 6.36. The van der Waals surface area contributed by atoms with Crippen molar-refractivity contribution in [3.8, 4) is 0 Å². The molecule has 1 fully saturated rings. The molecule has 6 heteroatoms. The van der Waals surface area contributed by atoms with Crippen LogP contribution in [0.3, 0.4) is 0 Å². The number of carboxylic acid groups (broad SMARTS) is 2. The van der Waals surface area contributed by atoms with E-state index in [1.807, 2.05) is 0 Å². The number of hydrogen-bond acceptors (Lipinski definition) is 3. The predicted molar refractivity (Wildman–Crippen MR) is 39.0 cm³/mol. The van der Waals surface area contributed by atoms with Crippen LogP contribution < -0.4 is 5.32 Å². The molecular weight excluding hydrogens is 164 g/mol. The Labute approximate surface area is 68.8 Å². The van der Waals surface area contributed by atoms with Crippen molar-refractivity contribution >= 4 is 12.1 Å². The van der Waals surface area contributed by atoms with Gasteiger partial charge in [-0.1, -0.05) is 0 Å². The van der Waals surface area contributed by atoms with Crippen molar-refractivity contribution < 1.29 is 19.8 Å². The average molecular weight is 174 g/mol. The van der Waals surface area contributed by atoms with E-state index < -0.39 is 18.1 Å². The Morgan fingerprint density at radius 2 is 2.08 bits per heavy atom. The number of nitrogens with zero attached hydrogens (tertiary/aromatic N) is 1. The number of aliphatic carboxylic acids is 1. The first-order valence-electron chi connectivity index (χ1n) is 3.55. The van der Waals surface area contributed by atoms with Crippen molar-refractivity contribution in [1.82, 2.24) is 10.2 Å².